The summed E-state index contributed by atoms with van der Waals surface area (Å²) in [5.41, 5.74) is 1.77. The van der Waals surface area contributed by atoms with E-state index < -0.39 is 17.2 Å². The van der Waals surface area contributed by atoms with E-state index in [2.05, 4.69) is 10.3 Å². The predicted octanol–water partition coefficient (Wildman–Crippen LogP) is 4.16. The summed E-state index contributed by atoms with van der Waals surface area (Å²) in [6.45, 7) is 3.55. The third kappa shape index (κ3) is 7.50. The first-order valence-corrected chi connectivity index (χ1v) is 12.4. The van der Waals surface area contributed by atoms with Crippen molar-refractivity contribution in [3.05, 3.63) is 59.8 Å². The summed E-state index contributed by atoms with van der Waals surface area (Å²) in [4.78, 5) is 26.4. The van der Waals surface area contributed by atoms with E-state index in [1.165, 1.54) is 11.2 Å². The molecule has 0 saturated heterocycles. The van der Waals surface area contributed by atoms with Gasteiger partial charge in [0.25, 0.3) is 11.3 Å². The maximum Gasteiger partial charge on any atom is 0.303 e. The number of carbonyl (C=O) groups excluding carboxylic acids is 1. The van der Waals surface area contributed by atoms with Gasteiger partial charge in [0.1, 0.15) is 29.7 Å². The lowest BCUT2D eigenvalue weighted by Gasteiger charge is -2.19. The fraction of sp³-hybridized carbons (Fsp3) is 0.261. The molecule has 0 saturated carbocycles. The lowest BCUT2D eigenvalue weighted by molar-refractivity contribution is -0.137. The van der Waals surface area contributed by atoms with Crippen molar-refractivity contribution in [1.82, 2.24) is 4.98 Å². The van der Waals surface area contributed by atoms with Crippen LogP contribution in [0.1, 0.15) is 24.6 Å². The van der Waals surface area contributed by atoms with Gasteiger partial charge in [-0.05, 0) is 49.2 Å². The van der Waals surface area contributed by atoms with Crippen LogP contribution in [0, 0.1) is 6.92 Å². The second-order valence-corrected chi connectivity index (χ2v) is 9.11. The number of para-hydroxylation sites is 1. The molecule has 0 fully saturated rings. The van der Waals surface area contributed by atoms with Crippen LogP contribution in [0.25, 0.3) is 0 Å². The molecule has 0 spiro atoms. The van der Waals surface area contributed by atoms with Crippen molar-refractivity contribution in [2.24, 2.45) is 0 Å². The third-order valence-electron chi connectivity index (χ3n) is 4.66. The Kier molecular flexibility index (Phi) is 9.18. The van der Waals surface area contributed by atoms with E-state index in [0.717, 1.165) is 16.9 Å². The highest BCUT2D eigenvalue weighted by molar-refractivity contribution is 7.81. The summed E-state index contributed by atoms with van der Waals surface area (Å²) >= 11 is -1.27. The highest BCUT2D eigenvalue weighted by Crippen LogP contribution is 2.37. The first-order valence-electron chi connectivity index (χ1n) is 10.6. The van der Waals surface area contributed by atoms with E-state index in [1.807, 2.05) is 18.2 Å². The molecule has 0 aliphatic heterocycles. The Labute approximate surface area is 208 Å². The molecule has 10 nitrogen and oxygen atoms in total. The van der Waals surface area contributed by atoms with Gasteiger partial charge in [-0.2, -0.15) is 0 Å². The summed E-state index contributed by atoms with van der Waals surface area (Å²) in [6, 6.07) is 13.9. The standard InChI is InChI=1S/C23H25N3O7S2/c1-15-22(34-23(24-15)25-16(2)27)26(35(30)31)18-8-10-19(11-9-18)32-13-14-33-20-6-4-3-5-17(20)7-12-21(28)29/h3-6,8-11H,7,12-14H2,1-2H3,(H,28,29)(H,30,31)(H,24,25,27). The number of ether oxygens (including phenoxy) is 2. The minimum Gasteiger partial charge on any atom is -0.490 e. The normalized spacial score (nSPS) is 11.5. The number of carboxylic acids is 1. The molecule has 1 atom stereocenters. The molecule has 12 heteroatoms. The molecule has 3 N–H and O–H groups in total. The largest absolute Gasteiger partial charge is 0.490 e. The quantitative estimate of drug-likeness (QED) is 0.240. The zero-order chi connectivity index (χ0) is 25.4. The smallest absolute Gasteiger partial charge is 0.303 e. The summed E-state index contributed by atoms with van der Waals surface area (Å²) in [5.74, 6) is 0.0116. The molecule has 3 aromatic rings. The zero-order valence-electron chi connectivity index (χ0n) is 19.1. The lowest BCUT2D eigenvalue weighted by atomic mass is 10.1. The van der Waals surface area contributed by atoms with E-state index in [4.69, 9.17) is 14.6 Å². The first-order chi connectivity index (χ1) is 16.7. The molecule has 1 heterocycles. The number of benzene rings is 2. The van der Waals surface area contributed by atoms with E-state index in [0.29, 0.717) is 39.4 Å². The Morgan fingerprint density at radius 2 is 1.80 bits per heavy atom. The van der Waals surface area contributed by atoms with Crippen molar-refractivity contribution < 1.29 is 32.9 Å². The first kappa shape index (κ1) is 26.1. The topological polar surface area (TPSA) is 138 Å². The number of hydrogen-bond acceptors (Lipinski definition) is 7. The number of rotatable bonds is 12. The molecule has 2 aromatic carbocycles. The number of thiazole rings is 1. The zero-order valence-corrected chi connectivity index (χ0v) is 20.7. The van der Waals surface area contributed by atoms with Gasteiger partial charge in [-0.1, -0.05) is 29.5 Å². The number of aliphatic carboxylic acids is 1. The van der Waals surface area contributed by atoms with Crippen LogP contribution < -0.4 is 19.1 Å². The Hall–Kier alpha value is -3.48. The van der Waals surface area contributed by atoms with Crippen LogP contribution in [0.5, 0.6) is 11.5 Å². The molecule has 1 aromatic heterocycles. The number of carboxylic acid groups (broad SMARTS) is 1. The van der Waals surface area contributed by atoms with E-state index in [-0.39, 0.29) is 25.5 Å². The van der Waals surface area contributed by atoms with Gasteiger partial charge in [0.2, 0.25) is 5.91 Å². The Bertz CT molecular complexity index is 1200. The molecule has 0 bridgehead atoms. The predicted molar refractivity (Wildman–Crippen MR) is 134 cm³/mol. The fourth-order valence-electron chi connectivity index (χ4n) is 3.14. The molecule has 0 aliphatic carbocycles. The van der Waals surface area contributed by atoms with E-state index in [9.17, 15) is 18.4 Å². The molecule has 0 aliphatic rings. The number of aromatic nitrogens is 1. The lowest BCUT2D eigenvalue weighted by Crippen LogP contribution is -2.19. The van der Waals surface area contributed by atoms with Crippen molar-refractivity contribution in [3.8, 4) is 11.5 Å². The number of anilines is 3. The molecule has 0 radical (unpaired) electrons. The van der Waals surface area contributed by atoms with Crippen molar-refractivity contribution in [2.45, 2.75) is 26.7 Å². The summed E-state index contributed by atoms with van der Waals surface area (Å²) < 4.78 is 34.6. The van der Waals surface area contributed by atoms with Crippen LogP contribution >= 0.6 is 11.3 Å². The van der Waals surface area contributed by atoms with Crippen LogP contribution in [-0.4, -0.2) is 43.9 Å². The van der Waals surface area contributed by atoms with Gasteiger partial charge >= 0.3 is 5.97 Å². The van der Waals surface area contributed by atoms with Crippen LogP contribution in [0.3, 0.4) is 0 Å². The van der Waals surface area contributed by atoms with Gasteiger partial charge < -0.3 is 19.9 Å². The monoisotopic (exact) mass is 519 g/mol. The maximum atomic E-state index is 12.1. The van der Waals surface area contributed by atoms with Gasteiger partial charge in [-0.25, -0.2) is 13.5 Å². The highest BCUT2D eigenvalue weighted by atomic mass is 32.2. The second kappa shape index (κ2) is 12.3. The van der Waals surface area contributed by atoms with Crippen LogP contribution in [-0.2, 0) is 27.3 Å². The number of amides is 1. The van der Waals surface area contributed by atoms with Crippen LogP contribution in [0.4, 0.5) is 15.8 Å². The minimum absolute atomic E-state index is 0.0223. The second-order valence-electron chi connectivity index (χ2n) is 7.31. The number of nitrogens with zero attached hydrogens (tertiary/aromatic N) is 2. The maximum absolute atomic E-state index is 12.1. The molecule has 1 unspecified atom stereocenters. The van der Waals surface area contributed by atoms with Crippen molar-refractivity contribution in [1.29, 1.82) is 0 Å². The Balaban J connectivity index is 1.60. The highest BCUT2D eigenvalue weighted by Gasteiger charge is 2.22. The summed E-state index contributed by atoms with van der Waals surface area (Å²) in [7, 11) is 0. The molecular formula is C23H25N3O7S2. The molecule has 186 valence electrons. The summed E-state index contributed by atoms with van der Waals surface area (Å²) in [5, 5.41) is 12.2. The average molecular weight is 520 g/mol. The van der Waals surface area contributed by atoms with Crippen molar-refractivity contribution >= 4 is 50.3 Å². The Morgan fingerprint density at radius 3 is 2.46 bits per heavy atom. The SMILES string of the molecule is CC(=O)Nc1nc(C)c(N(c2ccc(OCCOc3ccccc3CCC(=O)O)cc2)S(=O)O)s1. The average Bonchev–Trinajstić information content (AvgIpc) is 3.15. The van der Waals surface area contributed by atoms with E-state index >= 15 is 0 Å². The van der Waals surface area contributed by atoms with Gasteiger partial charge in [0.05, 0.1) is 11.4 Å². The number of carbonyl (C=O) groups is 2. The number of aryl methyl sites for hydroxylation is 2. The van der Waals surface area contributed by atoms with Gasteiger partial charge in [0, 0.05) is 13.3 Å². The van der Waals surface area contributed by atoms with Crippen molar-refractivity contribution in [3.63, 3.8) is 0 Å². The molecule has 1 amide bonds. The fourth-order valence-corrected chi connectivity index (χ4v) is 4.96. The van der Waals surface area contributed by atoms with Crippen molar-refractivity contribution in [2.75, 3.05) is 22.8 Å². The van der Waals surface area contributed by atoms with Gasteiger partial charge in [-0.15, -0.1) is 0 Å². The number of hydrogen-bond donors (Lipinski definition) is 3. The third-order valence-corrected chi connectivity index (χ3v) is 6.54. The molecular weight excluding hydrogens is 494 g/mol. The van der Waals surface area contributed by atoms with Crippen LogP contribution in [0.15, 0.2) is 48.5 Å². The molecule has 3 rings (SSSR count). The molecule has 35 heavy (non-hydrogen) atoms. The van der Waals surface area contributed by atoms with Crippen LogP contribution in [0.2, 0.25) is 0 Å². The van der Waals surface area contributed by atoms with Gasteiger partial charge in [0.15, 0.2) is 5.13 Å². The Morgan fingerprint density at radius 1 is 1.11 bits per heavy atom. The summed E-state index contributed by atoms with van der Waals surface area (Å²) in [6.07, 6.45) is 0.399. The van der Waals surface area contributed by atoms with Gasteiger partial charge in [-0.3, -0.25) is 14.1 Å². The van der Waals surface area contributed by atoms with E-state index in [1.54, 1.807) is 37.3 Å². The minimum atomic E-state index is -2.36. The number of nitrogens with one attached hydrogen (secondary N) is 1.